The van der Waals surface area contributed by atoms with Crippen LogP contribution in [0.25, 0.3) is 0 Å². The van der Waals surface area contributed by atoms with Gasteiger partial charge in [0.15, 0.2) is 0 Å². The summed E-state index contributed by atoms with van der Waals surface area (Å²) in [5.74, 6) is 0. The molecule has 0 amide bonds. The van der Waals surface area contributed by atoms with Crippen LogP contribution in [-0.2, 0) is 11.3 Å². The second kappa shape index (κ2) is 7.82. The van der Waals surface area contributed by atoms with Crippen LogP contribution in [0, 0.1) is 0 Å². The lowest BCUT2D eigenvalue weighted by atomic mass is 10.2. The van der Waals surface area contributed by atoms with E-state index in [4.69, 9.17) is 4.74 Å². The van der Waals surface area contributed by atoms with Gasteiger partial charge in [0.25, 0.3) is 0 Å². The normalized spacial score (nSPS) is 12.1. The van der Waals surface area contributed by atoms with Gasteiger partial charge in [0.1, 0.15) is 6.23 Å². The molecule has 1 atom stereocenters. The largest absolute Gasteiger partial charge is 0.359 e. The molecule has 0 aromatic heterocycles. The van der Waals surface area contributed by atoms with Crippen LogP contribution in [0.3, 0.4) is 0 Å². The van der Waals surface area contributed by atoms with Crippen LogP contribution in [0.2, 0.25) is 0 Å². The molecule has 0 bridgehead atoms. The molecule has 1 aromatic carbocycles. The molecule has 0 aliphatic carbocycles. The summed E-state index contributed by atoms with van der Waals surface area (Å²) in [6.45, 7) is 11.1. The van der Waals surface area contributed by atoms with Gasteiger partial charge in [0.2, 0.25) is 0 Å². The van der Waals surface area contributed by atoms with Crippen molar-refractivity contribution >= 4 is 0 Å². The molecular formula is C15H21NO. The zero-order valence-corrected chi connectivity index (χ0v) is 10.5. The van der Waals surface area contributed by atoms with Crippen LogP contribution in [-0.4, -0.2) is 12.8 Å². The minimum absolute atomic E-state index is 0.0489. The molecule has 0 aliphatic rings. The lowest BCUT2D eigenvalue weighted by molar-refractivity contribution is 0.0309. The topological polar surface area (TPSA) is 21.3 Å². The van der Waals surface area contributed by atoms with Gasteiger partial charge in [-0.05, 0) is 18.9 Å². The Kier molecular flexibility index (Phi) is 6.30. The van der Waals surface area contributed by atoms with Crippen LogP contribution < -0.4 is 5.32 Å². The average molecular weight is 231 g/mol. The summed E-state index contributed by atoms with van der Waals surface area (Å²) >= 11 is 0. The van der Waals surface area contributed by atoms with Crippen molar-refractivity contribution in [3.8, 4) is 0 Å². The number of hydrogen-bond donors (Lipinski definition) is 1. The van der Waals surface area contributed by atoms with Crippen molar-refractivity contribution in [2.24, 2.45) is 0 Å². The van der Waals surface area contributed by atoms with Gasteiger partial charge >= 0.3 is 0 Å². The maximum atomic E-state index is 5.68. The van der Waals surface area contributed by atoms with Crippen LogP contribution in [0.15, 0.2) is 55.1 Å². The van der Waals surface area contributed by atoms with E-state index in [0.29, 0.717) is 6.61 Å². The van der Waals surface area contributed by atoms with Gasteiger partial charge in [-0.3, -0.25) is 5.32 Å². The van der Waals surface area contributed by atoms with E-state index in [1.165, 1.54) is 5.56 Å². The lowest BCUT2D eigenvalue weighted by Crippen LogP contribution is -2.29. The van der Waals surface area contributed by atoms with E-state index in [9.17, 15) is 0 Å². The van der Waals surface area contributed by atoms with Crippen molar-refractivity contribution < 1.29 is 4.74 Å². The molecule has 1 unspecified atom stereocenters. The molecule has 17 heavy (non-hydrogen) atoms. The Hall–Kier alpha value is -1.38. The molecule has 1 N–H and O–H groups in total. The Morgan fingerprint density at radius 1 is 1.41 bits per heavy atom. The molecule has 2 heteroatoms. The van der Waals surface area contributed by atoms with E-state index in [-0.39, 0.29) is 6.23 Å². The third-order valence-electron chi connectivity index (χ3n) is 2.51. The monoisotopic (exact) mass is 231 g/mol. The SMILES string of the molecule is C=CC(=C)CCNC(C)OCc1ccccc1. The second-order valence-corrected chi connectivity index (χ2v) is 4.01. The first-order valence-electron chi connectivity index (χ1n) is 5.91. The Morgan fingerprint density at radius 2 is 2.12 bits per heavy atom. The number of rotatable bonds is 8. The van der Waals surface area contributed by atoms with Crippen molar-refractivity contribution in [3.05, 3.63) is 60.7 Å². The van der Waals surface area contributed by atoms with Crippen molar-refractivity contribution in [2.75, 3.05) is 6.54 Å². The molecule has 1 aromatic rings. The third kappa shape index (κ3) is 6.05. The van der Waals surface area contributed by atoms with Crippen LogP contribution >= 0.6 is 0 Å². The molecular weight excluding hydrogens is 210 g/mol. The van der Waals surface area contributed by atoms with Crippen molar-refractivity contribution in [3.63, 3.8) is 0 Å². The summed E-state index contributed by atoms with van der Waals surface area (Å²) in [4.78, 5) is 0. The minimum Gasteiger partial charge on any atom is -0.359 e. The maximum Gasteiger partial charge on any atom is 0.105 e. The van der Waals surface area contributed by atoms with E-state index in [1.54, 1.807) is 6.08 Å². The number of allylic oxidation sites excluding steroid dienone is 1. The van der Waals surface area contributed by atoms with Gasteiger partial charge in [-0.2, -0.15) is 0 Å². The van der Waals surface area contributed by atoms with Gasteiger partial charge in [-0.1, -0.05) is 55.1 Å². The Labute approximate surface area is 104 Å². The third-order valence-corrected chi connectivity index (χ3v) is 2.51. The van der Waals surface area contributed by atoms with E-state index in [0.717, 1.165) is 18.5 Å². The van der Waals surface area contributed by atoms with Gasteiger partial charge in [0.05, 0.1) is 6.61 Å². The summed E-state index contributed by atoms with van der Waals surface area (Å²) in [6, 6.07) is 10.2. The van der Waals surface area contributed by atoms with E-state index >= 15 is 0 Å². The number of benzene rings is 1. The molecule has 0 radical (unpaired) electrons. The van der Waals surface area contributed by atoms with Gasteiger partial charge in [0, 0.05) is 6.54 Å². The molecule has 92 valence electrons. The van der Waals surface area contributed by atoms with Crippen molar-refractivity contribution in [1.29, 1.82) is 0 Å². The highest BCUT2D eigenvalue weighted by molar-refractivity contribution is 5.13. The van der Waals surface area contributed by atoms with E-state index in [1.807, 2.05) is 25.1 Å². The molecule has 0 heterocycles. The van der Waals surface area contributed by atoms with E-state index < -0.39 is 0 Å². The molecule has 0 saturated carbocycles. The number of nitrogens with one attached hydrogen (secondary N) is 1. The summed E-state index contributed by atoms with van der Waals surface area (Å²) in [6.07, 6.45) is 2.74. The van der Waals surface area contributed by atoms with Crippen LogP contribution in [0.1, 0.15) is 18.9 Å². The molecule has 0 spiro atoms. The van der Waals surface area contributed by atoms with Crippen LogP contribution in [0.5, 0.6) is 0 Å². The number of ether oxygens (including phenoxy) is 1. The van der Waals surface area contributed by atoms with Crippen LogP contribution in [0.4, 0.5) is 0 Å². The molecule has 0 aliphatic heterocycles. The first kappa shape index (κ1) is 13.7. The molecule has 2 nitrogen and oxygen atoms in total. The molecule has 0 fully saturated rings. The smallest absolute Gasteiger partial charge is 0.105 e. The summed E-state index contributed by atoms with van der Waals surface area (Å²) in [5.41, 5.74) is 2.24. The molecule has 0 saturated heterocycles. The zero-order chi connectivity index (χ0) is 12.5. The summed E-state index contributed by atoms with van der Waals surface area (Å²) < 4.78 is 5.68. The second-order valence-electron chi connectivity index (χ2n) is 4.01. The maximum absolute atomic E-state index is 5.68. The Morgan fingerprint density at radius 3 is 2.76 bits per heavy atom. The lowest BCUT2D eigenvalue weighted by Gasteiger charge is -2.15. The Balaban J connectivity index is 2.15. The first-order valence-corrected chi connectivity index (χ1v) is 5.91. The highest BCUT2D eigenvalue weighted by Crippen LogP contribution is 2.02. The Bertz CT molecular complexity index is 345. The minimum atomic E-state index is 0.0489. The standard InChI is InChI=1S/C15H21NO/c1-4-13(2)10-11-16-14(3)17-12-15-8-6-5-7-9-15/h4-9,14,16H,1-2,10-12H2,3H3. The average Bonchev–Trinajstić information content (AvgIpc) is 2.37. The highest BCUT2D eigenvalue weighted by atomic mass is 16.5. The van der Waals surface area contributed by atoms with Crippen molar-refractivity contribution in [2.45, 2.75) is 26.2 Å². The van der Waals surface area contributed by atoms with E-state index in [2.05, 4.69) is 30.6 Å². The molecule has 1 rings (SSSR count). The fraction of sp³-hybridized carbons (Fsp3) is 0.333. The van der Waals surface area contributed by atoms with Crippen molar-refractivity contribution in [1.82, 2.24) is 5.32 Å². The highest BCUT2D eigenvalue weighted by Gasteiger charge is 2.01. The quantitative estimate of drug-likeness (QED) is 0.547. The predicted octanol–water partition coefficient (Wildman–Crippen LogP) is 3.27. The van der Waals surface area contributed by atoms with Gasteiger partial charge in [-0.25, -0.2) is 0 Å². The number of hydrogen-bond acceptors (Lipinski definition) is 2. The fourth-order valence-corrected chi connectivity index (χ4v) is 1.39. The first-order chi connectivity index (χ1) is 8.22. The summed E-state index contributed by atoms with van der Waals surface area (Å²) in [5, 5.41) is 3.29. The van der Waals surface area contributed by atoms with Gasteiger partial charge in [-0.15, -0.1) is 0 Å². The zero-order valence-electron chi connectivity index (χ0n) is 10.5. The fourth-order valence-electron chi connectivity index (χ4n) is 1.39. The predicted molar refractivity (Wildman–Crippen MR) is 72.6 cm³/mol. The summed E-state index contributed by atoms with van der Waals surface area (Å²) in [7, 11) is 0. The van der Waals surface area contributed by atoms with Gasteiger partial charge < -0.3 is 4.74 Å².